The predicted octanol–water partition coefficient (Wildman–Crippen LogP) is 3.13. The summed E-state index contributed by atoms with van der Waals surface area (Å²) in [5, 5.41) is 3.62. The van der Waals surface area contributed by atoms with Gasteiger partial charge in [-0.3, -0.25) is 0 Å². The highest BCUT2D eigenvalue weighted by molar-refractivity contribution is 5.35. The predicted molar refractivity (Wildman–Crippen MR) is 80.3 cm³/mol. The smallest absolute Gasteiger partial charge is 0.126 e. The van der Waals surface area contributed by atoms with Crippen LogP contribution in [0.25, 0.3) is 0 Å². The van der Waals surface area contributed by atoms with E-state index in [-0.39, 0.29) is 5.82 Å². The van der Waals surface area contributed by atoms with E-state index < -0.39 is 0 Å². The molecule has 2 nitrogen and oxygen atoms in total. The Bertz CT molecular complexity index is 452. The van der Waals surface area contributed by atoms with Crippen molar-refractivity contribution in [3.05, 3.63) is 35.1 Å². The van der Waals surface area contributed by atoms with Gasteiger partial charge in [-0.25, -0.2) is 4.39 Å². The second-order valence-electron chi connectivity index (χ2n) is 6.38. The molecule has 1 N–H and O–H groups in total. The molecule has 1 aliphatic heterocycles. The minimum Gasteiger partial charge on any atom is -0.309 e. The normalized spacial score (nSPS) is 24.0. The van der Waals surface area contributed by atoms with Crippen molar-refractivity contribution in [2.75, 3.05) is 26.2 Å². The van der Waals surface area contributed by atoms with Crippen LogP contribution in [0.1, 0.15) is 43.4 Å². The molecule has 0 amide bonds. The maximum absolute atomic E-state index is 13.7. The summed E-state index contributed by atoms with van der Waals surface area (Å²) < 4.78 is 13.7. The highest BCUT2D eigenvalue weighted by Crippen LogP contribution is 2.32. The number of benzene rings is 1. The van der Waals surface area contributed by atoms with Crippen molar-refractivity contribution in [1.29, 1.82) is 0 Å². The quantitative estimate of drug-likeness (QED) is 0.909. The molecule has 110 valence electrons. The summed E-state index contributed by atoms with van der Waals surface area (Å²) in [6.45, 7) is 6.94. The van der Waals surface area contributed by atoms with Gasteiger partial charge in [0, 0.05) is 19.1 Å². The summed E-state index contributed by atoms with van der Waals surface area (Å²) in [5.41, 5.74) is 2.11. The third kappa shape index (κ3) is 3.04. The van der Waals surface area contributed by atoms with Crippen LogP contribution in [0.4, 0.5) is 4.39 Å². The lowest BCUT2D eigenvalue weighted by Gasteiger charge is -2.30. The molecule has 0 aromatic heterocycles. The van der Waals surface area contributed by atoms with Crippen LogP contribution in [0.2, 0.25) is 0 Å². The Morgan fingerprint density at radius 2 is 2.05 bits per heavy atom. The standard InChI is InChI=1S/C17H25FN2/c1-13-7-10-20(11-8-13)12-9-19-17-6-5-14-15(17)3-2-4-16(14)18/h2-4,13,17,19H,5-12H2,1H3. The summed E-state index contributed by atoms with van der Waals surface area (Å²) in [5.74, 6) is 0.862. The zero-order chi connectivity index (χ0) is 13.9. The van der Waals surface area contributed by atoms with E-state index in [1.807, 2.05) is 6.07 Å². The first-order valence-corrected chi connectivity index (χ1v) is 7.97. The first kappa shape index (κ1) is 14.0. The second-order valence-corrected chi connectivity index (χ2v) is 6.38. The fourth-order valence-electron chi connectivity index (χ4n) is 3.50. The van der Waals surface area contributed by atoms with Crippen LogP contribution < -0.4 is 5.32 Å². The highest BCUT2D eigenvalue weighted by Gasteiger charge is 2.24. The molecule has 1 atom stereocenters. The molecule has 0 bridgehead atoms. The lowest BCUT2D eigenvalue weighted by atomic mass is 9.99. The van der Waals surface area contributed by atoms with Crippen molar-refractivity contribution >= 4 is 0 Å². The monoisotopic (exact) mass is 276 g/mol. The van der Waals surface area contributed by atoms with E-state index in [1.54, 1.807) is 6.07 Å². The molecule has 0 radical (unpaired) electrons. The zero-order valence-electron chi connectivity index (χ0n) is 12.4. The molecule has 0 saturated carbocycles. The van der Waals surface area contributed by atoms with Gasteiger partial charge in [-0.05, 0) is 61.9 Å². The molecule has 3 rings (SSSR count). The van der Waals surface area contributed by atoms with Crippen molar-refractivity contribution in [3.8, 4) is 0 Å². The third-order valence-corrected chi connectivity index (χ3v) is 4.91. The van der Waals surface area contributed by atoms with Crippen LogP contribution in [0, 0.1) is 11.7 Å². The molecular formula is C17H25FN2. The number of likely N-dealkylation sites (tertiary alicyclic amines) is 1. The Morgan fingerprint density at radius 3 is 2.85 bits per heavy atom. The summed E-state index contributed by atoms with van der Waals surface area (Å²) >= 11 is 0. The number of nitrogens with zero attached hydrogens (tertiary/aromatic N) is 1. The Morgan fingerprint density at radius 1 is 1.25 bits per heavy atom. The van der Waals surface area contributed by atoms with Gasteiger partial charge < -0.3 is 10.2 Å². The van der Waals surface area contributed by atoms with Gasteiger partial charge in [0.05, 0.1) is 0 Å². The first-order chi connectivity index (χ1) is 9.74. The summed E-state index contributed by atoms with van der Waals surface area (Å²) in [6.07, 6.45) is 4.57. The molecule has 3 heteroatoms. The van der Waals surface area contributed by atoms with Crippen molar-refractivity contribution in [1.82, 2.24) is 10.2 Å². The maximum Gasteiger partial charge on any atom is 0.126 e. The van der Waals surface area contributed by atoms with Gasteiger partial charge in [-0.2, -0.15) is 0 Å². The number of fused-ring (bicyclic) bond motifs is 1. The third-order valence-electron chi connectivity index (χ3n) is 4.91. The first-order valence-electron chi connectivity index (χ1n) is 7.97. The van der Waals surface area contributed by atoms with E-state index in [4.69, 9.17) is 0 Å². The molecule has 2 aliphatic rings. The van der Waals surface area contributed by atoms with Crippen molar-refractivity contribution in [2.24, 2.45) is 5.92 Å². The molecule has 20 heavy (non-hydrogen) atoms. The average Bonchev–Trinajstić information content (AvgIpc) is 2.86. The van der Waals surface area contributed by atoms with E-state index in [1.165, 1.54) is 31.5 Å². The van der Waals surface area contributed by atoms with Crippen LogP contribution in [-0.2, 0) is 6.42 Å². The second kappa shape index (κ2) is 6.23. The fourth-order valence-corrected chi connectivity index (χ4v) is 3.50. The van der Waals surface area contributed by atoms with Crippen LogP contribution in [0.15, 0.2) is 18.2 Å². The van der Waals surface area contributed by atoms with Crippen LogP contribution >= 0.6 is 0 Å². The van der Waals surface area contributed by atoms with Gasteiger partial charge in [0.2, 0.25) is 0 Å². The summed E-state index contributed by atoms with van der Waals surface area (Å²) in [6, 6.07) is 5.84. The van der Waals surface area contributed by atoms with E-state index >= 15 is 0 Å². The van der Waals surface area contributed by atoms with Gasteiger partial charge in [0.15, 0.2) is 0 Å². The number of nitrogens with one attached hydrogen (secondary N) is 1. The lowest BCUT2D eigenvalue weighted by Crippen LogP contribution is -2.38. The topological polar surface area (TPSA) is 15.3 Å². The van der Waals surface area contributed by atoms with Gasteiger partial charge in [-0.15, -0.1) is 0 Å². The van der Waals surface area contributed by atoms with Crippen molar-refractivity contribution in [3.63, 3.8) is 0 Å². The number of rotatable bonds is 4. The Kier molecular flexibility index (Phi) is 4.37. The van der Waals surface area contributed by atoms with Gasteiger partial charge in [0.1, 0.15) is 5.82 Å². The molecule has 1 fully saturated rings. The molecule has 1 saturated heterocycles. The van der Waals surface area contributed by atoms with E-state index in [9.17, 15) is 4.39 Å². The molecule has 1 unspecified atom stereocenters. The molecular weight excluding hydrogens is 251 g/mol. The fraction of sp³-hybridized carbons (Fsp3) is 0.647. The Balaban J connectivity index is 1.48. The Hall–Kier alpha value is -0.930. The van der Waals surface area contributed by atoms with Crippen molar-refractivity contribution < 1.29 is 4.39 Å². The molecule has 0 spiro atoms. The summed E-state index contributed by atoms with van der Waals surface area (Å²) in [7, 11) is 0. The minimum atomic E-state index is -0.0307. The van der Waals surface area contributed by atoms with E-state index in [0.29, 0.717) is 6.04 Å². The van der Waals surface area contributed by atoms with Gasteiger partial charge in [0.25, 0.3) is 0 Å². The molecule has 1 aliphatic carbocycles. The number of halogens is 1. The number of hydrogen-bond acceptors (Lipinski definition) is 2. The van der Waals surface area contributed by atoms with Crippen molar-refractivity contribution in [2.45, 2.75) is 38.6 Å². The molecule has 1 aromatic carbocycles. The molecule has 1 heterocycles. The van der Waals surface area contributed by atoms with Gasteiger partial charge >= 0.3 is 0 Å². The van der Waals surface area contributed by atoms with E-state index in [0.717, 1.165) is 37.4 Å². The Labute approximate surface area is 121 Å². The number of hydrogen-bond donors (Lipinski definition) is 1. The summed E-state index contributed by atoms with van der Waals surface area (Å²) in [4.78, 5) is 2.55. The largest absolute Gasteiger partial charge is 0.309 e. The maximum atomic E-state index is 13.7. The lowest BCUT2D eigenvalue weighted by molar-refractivity contribution is 0.191. The highest BCUT2D eigenvalue weighted by atomic mass is 19.1. The minimum absolute atomic E-state index is 0.0307. The van der Waals surface area contributed by atoms with E-state index in [2.05, 4.69) is 23.2 Å². The number of piperidine rings is 1. The van der Waals surface area contributed by atoms with Crippen LogP contribution in [0.5, 0.6) is 0 Å². The van der Waals surface area contributed by atoms with Crippen LogP contribution in [-0.4, -0.2) is 31.1 Å². The molecule has 1 aromatic rings. The average molecular weight is 276 g/mol. The zero-order valence-corrected chi connectivity index (χ0v) is 12.4. The van der Waals surface area contributed by atoms with Crippen LogP contribution in [0.3, 0.4) is 0 Å². The van der Waals surface area contributed by atoms with Gasteiger partial charge in [-0.1, -0.05) is 19.1 Å². The SMILES string of the molecule is CC1CCN(CCNC2CCc3c(F)cccc32)CC1.